The number of carbonyl (C=O) groups excluding carboxylic acids is 1. The Morgan fingerprint density at radius 2 is 1.86 bits per heavy atom. The fourth-order valence-corrected chi connectivity index (χ4v) is 2.22. The molecule has 0 radical (unpaired) electrons. The summed E-state index contributed by atoms with van der Waals surface area (Å²) in [7, 11) is 0. The number of carboxylic acids is 1. The quantitative estimate of drug-likeness (QED) is 0.577. The number of carbonyl (C=O) groups is 2. The van der Waals surface area contributed by atoms with Gasteiger partial charge in [0.1, 0.15) is 6.04 Å². The Balaban J connectivity index is 2.30. The van der Waals surface area contributed by atoms with Crippen LogP contribution in [0.25, 0.3) is 0 Å². The number of aliphatic carboxylic acids is 1. The van der Waals surface area contributed by atoms with E-state index in [0.29, 0.717) is 32.2 Å². The topological polar surface area (TPSA) is 92.4 Å². The zero-order chi connectivity index (χ0) is 16.4. The second kappa shape index (κ2) is 9.95. The lowest BCUT2D eigenvalue weighted by Gasteiger charge is -2.14. The first-order chi connectivity index (χ1) is 10.5. The summed E-state index contributed by atoms with van der Waals surface area (Å²) in [6.07, 6.45) is 3.78. The first-order valence-corrected chi connectivity index (χ1v) is 7.80. The van der Waals surface area contributed by atoms with Gasteiger partial charge in [0.25, 0.3) is 0 Å². The van der Waals surface area contributed by atoms with Gasteiger partial charge in [0.15, 0.2) is 0 Å². The molecular formula is C17H26N2O3. The molecule has 22 heavy (non-hydrogen) atoms. The fraction of sp³-hybridized carbons (Fsp3) is 0.529. The molecule has 0 bridgehead atoms. The summed E-state index contributed by atoms with van der Waals surface area (Å²) in [5.74, 6) is -1.18. The number of unbranched alkanes of at least 4 members (excludes halogenated alkanes) is 1. The number of nitrogens with one attached hydrogen (secondary N) is 1. The molecule has 0 saturated carbocycles. The van der Waals surface area contributed by atoms with E-state index in [-0.39, 0.29) is 5.91 Å². The molecule has 0 aliphatic carbocycles. The molecular weight excluding hydrogens is 280 g/mol. The van der Waals surface area contributed by atoms with E-state index >= 15 is 0 Å². The average molecular weight is 306 g/mol. The summed E-state index contributed by atoms with van der Waals surface area (Å²) < 4.78 is 0. The Bertz CT molecular complexity index is 471. The number of nitrogens with two attached hydrogens (primary N) is 1. The smallest absolute Gasteiger partial charge is 0.326 e. The van der Waals surface area contributed by atoms with Crippen molar-refractivity contribution in [2.75, 3.05) is 6.54 Å². The van der Waals surface area contributed by atoms with Crippen LogP contribution in [0.5, 0.6) is 0 Å². The summed E-state index contributed by atoms with van der Waals surface area (Å²) in [6.45, 7) is 2.57. The maximum atomic E-state index is 11.8. The second-order valence-electron chi connectivity index (χ2n) is 5.58. The molecule has 0 aliphatic heterocycles. The van der Waals surface area contributed by atoms with Gasteiger partial charge in [-0.3, -0.25) is 4.79 Å². The van der Waals surface area contributed by atoms with Gasteiger partial charge in [0.2, 0.25) is 5.91 Å². The van der Waals surface area contributed by atoms with Crippen LogP contribution in [0.1, 0.15) is 43.2 Å². The van der Waals surface area contributed by atoms with E-state index in [0.717, 1.165) is 12.8 Å². The molecule has 4 N–H and O–H groups in total. The number of carboxylic acid groups (broad SMARTS) is 1. The van der Waals surface area contributed by atoms with Crippen molar-refractivity contribution in [1.29, 1.82) is 0 Å². The number of hydrogen-bond acceptors (Lipinski definition) is 3. The molecule has 0 heterocycles. The van der Waals surface area contributed by atoms with E-state index in [1.54, 1.807) is 0 Å². The monoisotopic (exact) mass is 306 g/mol. The highest BCUT2D eigenvalue weighted by molar-refractivity contribution is 5.83. The molecule has 0 saturated heterocycles. The highest BCUT2D eigenvalue weighted by atomic mass is 16.4. The summed E-state index contributed by atoms with van der Waals surface area (Å²) in [5.41, 5.74) is 7.79. The van der Waals surface area contributed by atoms with Crippen LogP contribution in [0.3, 0.4) is 0 Å². The Morgan fingerprint density at radius 3 is 2.45 bits per heavy atom. The van der Waals surface area contributed by atoms with E-state index in [2.05, 4.69) is 17.4 Å². The molecule has 1 rings (SSSR count). The van der Waals surface area contributed by atoms with Gasteiger partial charge in [0.05, 0.1) is 0 Å². The van der Waals surface area contributed by atoms with E-state index < -0.39 is 12.0 Å². The molecule has 5 nitrogen and oxygen atoms in total. The third-order valence-corrected chi connectivity index (χ3v) is 3.57. The molecule has 0 aliphatic rings. The molecule has 1 aromatic rings. The van der Waals surface area contributed by atoms with Crippen molar-refractivity contribution < 1.29 is 14.7 Å². The highest BCUT2D eigenvalue weighted by Crippen LogP contribution is 2.08. The lowest BCUT2D eigenvalue weighted by atomic mass is 10.1. The van der Waals surface area contributed by atoms with Crippen molar-refractivity contribution >= 4 is 11.9 Å². The Kier molecular flexibility index (Phi) is 8.22. The van der Waals surface area contributed by atoms with Gasteiger partial charge in [0, 0.05) is 6.42 Å². The third kappa shape index (κ3) is 7.22. The number of amides is 1. The molecule has 1 unspecified atom stereocenters. The molecule has 1 amide bonds. The highest BCUT2D eigenvalue weighted by Gasteiger charge is 2.18. The maximum absolute atomic E-state index is 11.8. The normalized spacial score (nSPS) is 11.9. The number of rotatable bonds is 10. The van der Waals surface area contributed by atoms with Crippen LogP contribution in [0, 0.1) is 6.92 Å². The lowest BCUT2D eigenvalue weighted by Crippen LogP contribution is -2.40. The van der Waals surface area contributed by atoms with E-state index in [1.165, 1.54) is 11.1 Å². The number of aryl methyl sites for hydroxylation is 2. The van der Waals surface area contributed by atoms with Crippen LogP contribution in [0.4, 0.5) is 0 Å². The van der Waals surface area contributed by atoms with Gasteiger partial charge in [-0.05, 0) is 51.1 Å². The Morgan fingerprint density at radius 1 is 1.18 bits per heavy atom. The lowest BCUT2D eigenvalue weighted by molar-refractivity contribution is -0.142. The third-order valence-electron chi connectivity index (χ3n) is 3.57. The minimum absolute atomic E-state index is 0.202. The minimum Gasteiger partial charge on any atom is -0.480 e. The van der Waals surface area contributed by atoms with E-state index in [4.69, 9.17) is 10.8 Å². The van der Waals surface area contributed by atoms with Crippen LogP contribution in [-0.2, 0) is 16.0 Å². The summed E-state index contributed by atoms with van der Waals surface area (Å²) in [4.78, 5) is 22.9. The second-order valence-corrected chi connectivity index (χ2v) is 5.58. The first-order valence-electron chi connectivity index (χ1n) is 7.80. The van der Waals surface area contributed by atoms with Crippen molar-refractivity contribution in [1.82, 2.24) is 5.32 Å². The van der Waals surface area contributed by atoms with Crippen molar-refractivity contribution in [3.63, 3.8) is 0 Å². The number of hydrogen-bond donors (Lipinski definition) is 3. The SMILES string of the molecule is Cc1ccc(CCCC(=O)NC(CCCCN)C(=O)O)cc1. The molecule has 1 atom stereocenters. The predicted molar refractivity (Wildman–Crippen MR) is 86.6 cm³/mol. The standard InChI is InChI=1S/C17H26N2O3/c1-13-8-10-14(11-9-13)5-4-7-16(20)19-15(17(21)22)6-2-3-12-18/h8-11,15H,2-7,12,18H2,1H3,(H,19,20)(H,21,22). The molecule has 5 heteroatoms. The van der Waals surface area contributed by atoms with Gasteiger partial charge in [-0.15, -0.1) is 0 Å². The van der Waals surface area contributed by atoms with Crippen LogP contribution in [-0.4, -0.2) is 29.6 Å². The summed E-state index contributed by atoms with van der Waals surface area (Å²) >= 11 is 0. The zero-order valence-corrected chi connectivity index (χ0v) is 13.2. The van der Waals surface area contributed by atoms with Gasteiger partial charge in [-0.25, -0.2) is 4.79 Å². The number of benzene rings is 1. The zero-order valence-electron chi connectivity index (χ0n) is 13.2. The van der Waals surface area contributed by atoms with Crippen molar-refractivity contribution in [2.24, 2.45) is 5.73 Å². The average Bonchev–Trinajstić information content (AvgIpc) is 2.48. The van der Waals surface area contributed by atoms with Crippen LogP contribution < -0.4 is 11.1 Å². The maximum Gasteiger partial charge on any atom is 0.326 e. The largest absolute Gasteiger partial charge is 0.480 e. The molecule has 122 valence electrons. The summed E-state index contributed by atoms with van der Waals surface area (Å²) in [5, 5.41) is 11.7. The summed E-state index contributed by atoms with van der Waals surface area (Å²) in [6, 6.07) is 7.40. The molecule has 0 aromatic heterocycles. The van der Waals surface area contributed by atoms with Gasteiger partial charge in [-0.2, -0.15) is 0 Å². The fourth-order valence-electron chi connectivity index (χ4n) is 2.22. The Labute approximate surface area is 131 Å². The molecule has 1 aromatic carbocycles. The van der Waals surface area contributed by atoms with Gasteiger partial charge in [-0.1, -0.05) is 29.8 Å². The van der Waals surface area contributed by atoms with Gasteiger partial charge < -0.3 is 16.2 Å². The van der Waals surface area contributed by atoms with Crippen LogP contribution in [0.15, 0.2) is 24.3 Å². The molecule has 0 spiro atoms. The van der Waals surface area contributed by atoms with Crippen molar-refractivity contribution in [3.8, 4) is 0 Å². The van der Waals surface area contributed by atoms with Crippen molar-refractivity contribution in [2.45, 2.75) is 51.5 Å². The van der Waals surface area contributed by atoms with Crippen LogP contribution in [0.2, 0.25) is 0 Å². The van der Waals surface area contributed by atoms with Crippen molar-refractivity contribution in [3.05, 3.63) is 35.4 Å². The Hall–Kier alpha value is -1.88. The minimum atomic E-state index is -0.982. The van der Waals surface area contributed by atoms with E-state index in [1.807, 2.05) is 19.1 Å². The van der Waals surface area contributed by atoms with Crippen LogP contribution >= 0.6 is 0 Å². The van der Waals surface area contributed by atoms with Gasteiger partial charge >= 0.3 is 5.97 Å². The molecule has 0 fully saturated rings. The van der Waals surface area contributed by atoms with E-state index in [9.17, 15) is 9.59 Å². The predicted octanol–water partition coefficient (Wildman–Crippen LogP) is 2.02. The first kappa shape index (κ1) is 18.2.